The molecule has 2 aromatic carbocycles. The summed E-state index contributed by atoms with van der Waals surface area (Å²) in [5, 5.41) is 3.06. The zero-order chi connectivity index (χ0) is 19.8. The lowest BCUT2D eigenvalue weighted by molar-refractivity contribution is -0.117. The summed E-state index contributed by atoms with van der Waals surface area (Å²) < 4.78 is 0. The van der Waals surface area contributed by atoms with Crippen molar-refractivity contribution in [3.63, 3.8) is 0 Å². The highest BCUT2D eigenvalue weighted by atomic mass is 16.1. The first-order valence-corrected chi connectivity index (χ1v) is 10.2. The summed E-state index contributed by atoms with van der Waals surface area (Å²) in [6.45, 7) is 9.61. The number of allylic oxidation sites excluding steroid dienone is 1. The lowest BCUT2D eigenvalue weighted by Crippen LogP contribution is -2.46. The van der Waals surface area contributed by atoms with E-state index < -0.39 is 0 Å². The SMILES string of the molecule is CC/C=C(/C)C(=O)NCc1ccccc1CN1CCN(c2ccccc2)CC1. The van der Waals surface area contributed by atoms with Crippen molar-refractivity contribution in [2.24, 2.45) is 0 Å². The summed E-state index contributed by atoms with van der Waals surface area (Å²) in [6.07, 6.45) is 2.85. The van der Waals surface area contributed by atoms with Gasteiger partial charge in [0.25, 0.3) is 0 Å². The number of carbonyl (C=O) groups is 1. The number of nitrogens with one attached hydrogen (secondary N) is 1. The number of para-hydroxylation sites is 1. The van der Waals surface area contributed by atoms with E-state index in [0.29, 0.717) is 6.54 Å². The van der Waals surface area contributed by atoms with Crippen LogP contribution in [-0.4, -0.2) is 37.0 Å². The number of anilines is 1. The van der Waals surface area contributed by atoms with Crippen molar-refractivity contribution in [1.82, 2.24) is 10.2 Å². The maximum absolute atomic E-state index is 12.2. The van der Waals surface area contributed by atoms with Crippen molar-refractivity contribution in [2.75, 3.05) is 31.1 Å². The van der Waals surface area contributed by atoms with Crippen LogP contribution in [0.15, 0.2) is 66.2 Å². The average Bonchev–Trinajstić information content (AvgIpc) is 2.74. The Morgan fingerprint density at radius 2 is 1.61 bits per heavy atom. The van der Waals surface area contributed by atoms with E-state index in [1.54, 1.807) is 0 Å². The van der Waals surface area contributed by atoms with Crippen LogP contribution in [0.2, 0.25) is 0 Å². The van der Waals surface area contributed by atoms with Crippen molar-refractivity contribution >= 4 is 11.6 Å². The molecule has 28 heavy (non-hydrogen) atoms. The van der Waals surface area contributed by atoms with Gasteiger partial charge in [0, 0.05) is 50.5 Å². The Labute approximate surface area is 168 Å². The number of piperazine rings is 1. The van der Waals surface area contributed by atoms with Crippen molar-refractivity contribution in [1.29, 1.82) is 0 Å². The number of hydrogen-bond acceptors (Lipinski definition) is 3. The molecule has 0 aliphatic carbocycles. The van der Waals surface area contributed by atoms with Gasteiger partial charge >= 0.3 is 0 Å². The van der Waals surface area contributed by atoms with Gasteiger partial charge in [-0.25, -0.2) is 0 Å². The second kappa shape index (κ2) is 10.1. The molecule has 1 fully saturated rings. The Morgan fingerprint density at radius 1 is 0.964 bits per heavy atom. The van der Waals surface area contributed by atoms with Gasteiger partial charge in [-0.05, 0) is 36.6 Å². The van der Waals surface area contributed by atoms with E-state index in [4.69, 9.17) is 0 Å². The minimum Gasteiger partial charge on any atom is -0.369 e. The van der Waals surface area contributed by atoms with Crippen LogP contribution in [0.5, 0.6) is 0 Å². The fraction of sp³-hybridized carbons (Fsp3) is 0.375. The number of amides is 1. The van der Waals surface area contributed by atoms with E-state index in [0.717, 1.165) is 44.7 Å². The molecule has 1 heterocycles. The Morgan fingerprint density at radius 3 is 2.29 bits per heavy atom. The molecule has 4 nitrogen and oxygen atoms in total. The summed E-state index contributed by atoms with van der Waals surface area (Å²) in [6, 6.07) is 19.1. The van der Waals surface area contributed by atoms with Crippen LogP contribution >= 0.6 is 0 Å². The quantitative estimate of drug-likeness (QED) is 0.742. The van der Waals surface area contributed by atoms with Gasteiger partial charge in [0.05, 0.1) is 0 Å². The largest absolute Gasteiger partial charge is 0.369 e. The topological polar surface area (TPSA) is 35.6 Å². The highest BCUT2D eigenvalue weighted by Gasteiger charge is 2.18. The molecule has 1 N–H and O–H groups in total. The molecule has 0 unspecified atom stereocenters. The number of hydrogen-bond donors (Lipinski definition) is 1. The predicted molar refractivity (Wildman–Crippen MR) is 116 cm³/mol. The Balaban J connectivity index is 1.55. The normalized spacial score (nSPS) is 15.5. The van der Waals surface area contributed by atoms with Crippen LogP contribution < -0.4 is 10.2 Å². The number of benzene rings is 2. The molecule has 2 aromatic rings. The second-order valence-electron chi connectivity index (χ2n) is 7.35. The van der Waals surface area contributed by atoms with Gasteiger partial charge in [-0.3, -0.25) is 9.69 Å². The fourth-order valence-electron chi connectivity index (χ4n) is 3.64. The molecule has 0 spiro atoms. The molecule has 0 bridgehead atoms. The van der Waals surface area contributed by atoms with Crippen molar-refractivity contribution < 1.29 is 4.79 Å². The summed E-state index contributed by atoms with van der Waals surface area (Å²) in [4.78, 5) is 17.1. The van der Waals surface area contributed by atoms with E-state index in [1.807, 2.05) is 26.0 Å². The molecule has 4 heteroatoms. The first-order chi connectivity index (χ1) is 13.7. The Hall–Kier alpha value is -2.59. The minimum absolute atomic E-state index is 0.0214. The van der Waals surface area contributed by atoms with Crippen molar-refractivity contribution in [3.05, 3.63) is 77.4 Å². The number of rotatable bonds is 7. The lowest BCUT2D eigenvalue weighted by atomic mass is 10.1. The van der Waals surface area contributed by atoms with Gasteiger partial charge < -0.3 is 10.2 Å². The van der Waals surface area contributed by atoms with E-state index in [9.17, 15) is 4.79 Å². The second-order valence-corrected chi connectivity index (χ2v) is 7.35. The van der Waals surface area contributed by atoms with Crippen LogP contribution in [0.3, 0.4) is 0 Å². The first-order valence-electron chi connectivity index (χ1n) is 10.2. The van der Waals surface area contributed by atoms with Crippen LogP contribution in [0.4, 0.5) is 5.69 Å². The summed E-state index contributed by atoms with van der Waals surface area (Å²) in [5.74, 6) is 0.0214. The number of carbonyl (C=O) groups excluding carboxylic acids is 1. The molecule has 0 saturated carbocycles. The average molecular weight is 378 g/mol. The molecular formula is C24H31N3O. The van der Waals surface area contributed by atoms with E-state index in [1.165, 1.54) is 16.8 Å². The molecule has 0 radical (unpaired) electrons. The third-order valence-electron chi connectivity index (χ3n) is 5.31. The highest BCUT2D eigenvalue weighted by molar-refractivity contribution is 5.92. The smallest absolute Gasteiger partial charge is 0.246 e. The van der Waals surface area contributed by atoms with Crippen LogP contribution in [0.1, 0.15) is 31.4 Å². The Bertz CT molecular complexity index is 793. The van der Waals surface area contributed by atoms with Gasteiger partial charge in [-0.2, -0.15) is 0 Å². The standard InChI is InChI=1S/C24H31N3O/c1-3-9-20(2)24(28)25-18-21-10-7-8-11-22(21)19-26-14-16-27(17-15-26)23-12-5-4-6-13-23/h4-13H,3,14-19H2,1-2H3,(H,25,28)/b20-9-. The van der Waals surface area contributed by atoms with Crippen molar-refractivity contribution in [2.45, 2.75) is 33.4 Å². The lowest BCUT2D eigenvalue weighted by Gasteiger charge is -2.36. The summed E-state index contributed by atoms with van der Waals surface area (Å²) in [5.41, 5.74) is 4.59. The molecule has 0 aromatic heterocycles. The van der Waals surface area contributed by atoms with Gasteiger partial charge in [0.15, 0.2) is 0 Å². The molecule has 1 saturated heterocycles. The maximum Gasteiger partial charge on any atom is 0.246 e. The predicted octanol–water partition coefficient (Wildman–Crippen LogP) is 3.98. The van der Waals surface area contributed by atoms with Crippen LogP contribution in [0, 0.1) is 0 Å². The number of nitrogens with zero attached hydrogens (tertiary/aromatic N) is 2. The highest BCUT2D eigenvalue weighted by Crippen LogP contribution is 2.18. The van der Waals surface area contributed by atoms with Gasteiger partial charge in [-0.15, -0.1) is 0 Å². The monoisotopic (exact) mass is 377 g/mol. The van der Waals surface area contributed by atoms with E-state index in [-0.39, 0.29) is 5.91 Å². The summed E-state index contributed by atoms with van der Waals surface area (Å²) in [7, 11) is 0. The molecule has 1 aliphatic rings. The summed E-state index contributed by atoms with van der Waals surface area (Å²) >= 11 is 0. The van der Waals surface area contributed by atoms with Crippen LogP contribution in [0.25, 0.3) is 0 Å². The third-order valence-corrected chi connectivity index (χ3v) is 5.31. The van der Waals surface area contributed by atoms with Gasteiger partial charge in [0.2, 0.25) is 5.91 Å². The fourth-order valence-corrected chi connectivity index (χ4v) is 3.64. The molecule has 3 rings (SSSR count). The Kier molecular flexibility index (Phi) is 7.26. The molecule has 1 amide bonds. The molecular weight excluding hydrogens is 346 g/mol. The minimum atomic E-state index is 0.0214. The zero-order valence-corrected chi connectivity index (χ0v) is 17.0. The van der Waals surface area contributed by atoms with E-state index >= 15 is 0 Å². The third kappa shape index (κ3) is 5.46. The van der Waals surface area contributed by atoms with E-state index in [2.05, 4.69) is 63.6 Å². The van der Waals surface area contributed by atoms with Gasteiger partial charge in [-0.1, -0.05) is 55.5 Å². The molecule has 148 valence electrons. The first kappa shape index (κ1) is 20.2. The van der Waals surface area contributed by atoms with Gasteiger partial charge in [0.1, 0.15) is 0 Å². The zero-order valence-electron chi connectivity index (χ0n) is 17.0. The van der Waals surface area contributed by atoms with Crippen molar-refractivity contribution in [3.8, 4) is 0 Å². The molecule has 1 aliphatic heterocycles. The van der Waals surface area contributed by atoms with Crippen LogP contribution in [-0.2, 0) is 17.9 Å². The molecule has 0 atom stereocenters. The maximum atomic E-state index is 12.2.